The normalized spacial score (nSPS) is 16.1. The minimum atomic E-state index is -0.0333. The summed E-state index contributed by atoms with van der Waals surface area (Å²) in [5, 5.41) is 9.16. The molecule has 20 heavy (non-hydrogen) atoms. The molecule has 4 heteroatoms. The predicted octanol–water partition coefficient (Wildman–Crippen LogP) is 2.33. The van der Waals surface area contributed by atoms with Crippen molar-refractivity contribution in [3.8, 4) is 0 Å². The van der Waals surface area contributed by atoms with E-state index in [0.29, 0.717) is 5.57 Å². The van der Waals surface area contributed by atoms with Gasteiger partial charge in [-0.05, 0) is 30.7 Å². The highest BCUT2D eigenvalue weighted by atomic mass is 16.3. The summed E-state index contributed by atoms with van der Waals surface area (Å²) in [6.07, 6.45) is 1.86. The van der Waals surface area contributed by atoms with Crippen LogP contribution in [0.3, 0.4) is 0 Å². The molecule has 0 atom stereocenters. The summed E-state index contributed by atoms with van der Waals surface area (Å²) in [6, 6.07) is 9.64. The van der Waals surface area contributed by atoms with Gasteiger partial charge in [0.1, 0.15) is 0 Å². The van der Waals surface area contributed by atoms with Crippen LogP contribution >= 0.6 is 0 Å². The molecule has 1 aromatic heterocycles. The third kappa shape index (κ3) is 1.85. The van der Waals surface area contributed by atoms with Gasteiger partial charge in [-0.25, -0.2) is 0 Å². The fourth-order valence-corrected chi connectivity index (χ4v) is 2.56. The van der Waals surface area contributed by atoms with Crippen LogP contribution in [-0.2, 0) is 11.4 Å². The van der Waals surface area contributed by atoms with Crippen LogP contribution in [0.15, 0.2) is 30.3 Å². The van der Waals surface area contributed by atoms with E-state index in [1.807, 2.05) is 43.3 Å². The Morgan fingerprint density at radius 2 is 2.10 bits per heavy atom. The highest BCUT2D eigenvalue weighted by molar-refractivity contribution is 6.35. The molecular formula is C16H16N2O2. The van der Waals surface area contributed by atoms with Crippen LogP contribution in [0, 0.1) is 6.92 Å². The molecule has 4 nitrogen and oxygen atoms in total. The van der Waals surface area contributed by atoms with E-state index < -0.39 is 0 Å². The average Bonchev–Trinajstić information content (AvgIpc) is 2.93. The number of hydrogen-bond acceptors (Lipinski definition) is 2. The number of nitrogens with zero attached hydrogens (tertiary/aromatic N) is 1. The van der Waals surface area contributed by atoms with E-state index in [9.17, 15) is 4.79 Å². The molecule has 0 saturated carbocycles. The number of para-hydroxylation sites is 1. The highest BCUT2D eigenvalue weighted by Gasteiger charge is 2.29. The SMILES string of the molecule is Cc1cc(CO)[nH]c1C=C1C(=O)N(C)c2ccccc21. The second-order valence-electron chi connectivity index (χ2n) is 4.99. The van der Waals surface area contributed by atoms with Crippen molar-refractivity contribution in [1.82, 2.24) is 4.98 Å². The smallest absolute Gasteiger partial charge is 0.258 e. The van der Waals surface area contributed by atoms with Crippen LogP contribution in [-0.4, -0.2) is 23.0 Å². The Balaban J connectivity index is 2.12. The zero-order valence-corrected chi connectivity index (χ0v) is 11.5. The Kier molecular flexibility index (Phi) is 2.95. The number of benzene rings is 1. The quantitative estimate of drug-likeness (QED) is 0.821. The van der Waals surface area contributed by atoms with Crippen LogP contribution in [0.2, 0.25) is 0 Å². The number of aromatic amines is 1. The second kappa shape index (κ2) is 4.65. The molecular weight excluding hydrogens is 252 g/mol. The van der Waals surface area contributed by atoms with E-state index in [-0.39, 0.29) is 12.5 Å². The summed E-state index contributed by atoms with van der Waals surface area (Å²) in [4.78, 5) is 17.1. The van der Waals surface area contributed by atoms with E-state index in [1.54, 1.807) is 11.9 Å². The van der Waals surface area contributed by atoms with Gasteiger partial charge in [0.2, 0.25) is 0 Å². The third-order valence-corrected chi connectivity index (χ3v) is 3.66. The van der Waals surface area contributed by atoms with Gasteiger partial charge in [0.05, 0.1) is 17.9 Å². The minimum absolute atomic E-state index is 0.00857. The molecule has 0 aliphatic carbocycles. The van der Waals surface area contributed by atoms with Crippen molar-refractivity contribution in [2.24, 2.45) is 0 Å². The van der Waals surface area contributed by atoms with Gasteiger partial charge < -0.3 is 15.0 Å². The van der Waals surface area contributed by atoms with Crippen molar-refractivity contribution in [2.75, 3.05) is 11.9 Å². The van der Waals surface area contributed by atoms with E-state index >= 15 is 0 Å². The lowest BCUT2D eigenvalue weighted by molar-refractivity contribution is -0.112. The molecule has 0 saturated heterocycles. The van der Waals surface area contributed by atoms with Gasteiger partial charge in [-0.3, -0.25) is 4.79 Å². The number of aryl methyl sites for hydroxylation is 1. The molecule has 1 aliphatic rings. The Labute approximate surface area is 117 Å². The van der Waals surface area contributed by atoms with Gasteiger partial charge in [-0.2, -0.15) is 0 Å². The first kappa shape index (κ1) is 12.7. The molecule has 0 bridgehead atoms. The Morgan fingerprint density at radius 3 is 2.80 bits per heavy atom. The summed E-state index contributed by atoms with van der Waals surface area (Å²) in [5.41, 5.74) is 5.18. The highest BCUT2D eigenvalue weighted by Crippen LogP contribution is 2.36. The topological polar surface area (TPSA) is 56.3 Å². The van der Waals surface area contributed by atoms with Crippen molar-refractivity contribution in [1.29, 1.82) is 0 Å². The summed E-state index contributed by atoms with van der Waals surface area (Å²) in [7, 11) is 1.78. The lowest BCUT2D eigenvalue weighted by atomic mass is 10.1. The maximum absolute atomic E-state index is 12.3. The fourth-order valence-electron chi connectivity index (χ4n) is 2.56. The number of aliphatic hydroxyl groups excluding tert-OH is 1. The number of carbonyl (C=O) groups excluding carboxylic acids is 1. The van der Waals surface area contributed by atoms with Crippen molar-refractivity contribution in [2.45, 2.75) is 13.5 Å². The summed E-state index contributed by atoms with van der Waals surface area (Å²) >= 11 is 0. The molecule has 2 N–H and O–H groups in total. The standard InChI is InChI=1S/C16H16N2O2/c1-10-7-11(9-19)17-14(10)8-13-12-5-3-4-6-15(12)18(2)16(13)20/h3-8,17,19H,9H2,1-2H3. The molecule has 102 valence electrons. The molecule has 1 aromatic carbocycles. The van der Waals surface area contributed by atoms with Crippen molar-refractivity contribution in [3.63, 3.8) is 0 Å². The van der Waals surface area contributed by atoms with Crippen LogP contribution in [0.1, 0.15) is 22.5 Å². The van der Waals surface area contributed by atoms with Gasteiger partial charge in [0.15, 0.2) is 0 Å². The number of anilines is 1. The number of carbonyl (C=O) groups is 1. The number of H-pyrrole nitrogens is 1. The van der Waals surface area contributed by atoms with Gasteiger partial charge in [0, 0.05) is 24.0 Å². The molecule has 2 aromatic rings. The molecule has 0 radical (unpaired) electrons. The predicted molar refractivity (Wildman–Crippen MR) is 79.2 cm³/mol. The number of likely N-dealkylation sites (N-methyl/N-ethyl adjacent to an activating group) is 1. The van der Waals surface area contributed by atoms with Crippen LogP contribution in [0.5, 0.6) is 0 Å². The lowest BCUT2D eigenvalue weighted by Gasteiger charge is -2.07. The maximum atomic E-state index is 12.3. The molecule has 0 spiro atoms. The monoisotopic (exact) mass is 268 g/mol. The largest absolute Gasteiger partial charge is 0.390 e. The van der Waals surface area contributed by atoms with Crippen molar-refractivity contribution >= 4 is 23.2 Å². The second-order valence-corrected chi connectivity index (χ2v) is 4.99. The number of hydrogen-bond donors (Lipinski definition) is 2. The van der Waals surface area contributed by atoms with Gasteiger partial charge in [0.25, 0.3) is 5.91 Å². The van der Waals surface area contributed by atoms with Crippen LogP contribution in [0.25, 0.3) is 11.6 Å². The average molecular weight is 268 g/mol. The lowest BCUT2D eigenvalue weighted by Crippen LogP contribution is -2.20. The van der Waals surface area contributed by atoms with Crippen LogP contribution < -0.4 is 4.90 Å². The zero-order chi connectivity index (χ0) is 14.3. The number of nitrogens with one attached hydrogen (secondary N) is 1. The van der Waals surface area contributed by atoms with Crippen molar-refractivity contribution in [3.05, 3.63) is 52.8 Å². The van der Waals surface area contributed by atoms with Crippen LogP contribution in [0.4, 0.5) is 5.69 Å². The number of amides is 1. The summed E-state index contributed by atoms with van der Waals surface area (Å²) in [5.74, 6) is -0.00857. The minimum Gasteiger partial charge on any atom is -0.390 e. The van der Waals surface area contributed by atoms with E-state index in [2.05, 4.69) is 4.98 Å². The molecule has 3 rings (SSSR count). The molecule has 1 aliphatic heterocycles. The van der Waals surface area contributed by atoms with E-state index in [0.717, 1.165) is 28.2 Å². The first-order valence-corrected chi connectivity index (χ1v) is 6.50. The summed E-state index contributed by atoms with van der Waals surface area (Å²) < 4.78 is 0. The van der Waals surface area contributed by atoms with Gasteiger partial charge >= 0.3 is 0 Å². The number of fused-ring (bicyclic) bond motifs is 1. The van der Waals surface area contributed by atoms with Gasteiger partial charge in [-0.1, -0.05) is 18.2 Å². The Morgan fingerprint density at radius 1 is 1.35 bits per heavy atom. The van der Waals surface area contributed by atoms with Gasteiger partial charge in [-0.15, -0.1) is 0 Å². The maximum Gasteiger partial charge on any atom is 0.258 e. The number of aromatic nitrogens is 1. The third-order valence-electron chi connectivity index (χ3n) is 3.66. The summed E-state index contributed by atoms with van der Waals surface area (Å²) in [6.45, 7) is 1.92. The van der Waals surface area contributed by atoms with E-state index in [1.165, 1.54) is 0 Å². The zero-order valence-electron chi connectivity index (χ0n) is 11.5. The molecule has 2 heterocycles. The Bertz CT molecular complexity index is 713. The fraction of sp³-hybridized carbons (Fsp3) is 0.188. The first-order valence-electron chi connectivity index (χ1n) is 6.50. The van der Waals surface area contributed by atoms with E-state index in [4.69, 9.17) is 5.11 Å². The number of rotatable bonds is 2. The first-order chi connectivity index (χ1) is 9.61. The molecule has 0 fully saturated rings. The molecule has 0 unspecified atom stereocenters. The number of aliphatic hydroxyl groups is 1. The Hall–Kier alpha value is -2.33. The van der Waals surface area contributed by atoms with Crippen molar-refractivity contribution < 1.29 is 9.90 Å². The molecule has 1 amide bonds.